The van der Waals surface area contributed by atoms with Gasteiger partial charge in [0.05, 0.1) is 17.6 Å². The molecule has 0 aromatic carbocycles. The van der Waals surface area contributed by atoms with Crippen LogP contribution in [-0.4, -0.2) is 53.7 Å². The lowest BCUT2D eigenvalue weighted by Gasteiger charge is -2.11. The van der Waals surface area contributed by atoms with Crippen LogP contribution in [0, 0.1) is 0 Å². The van der Waals surface area contributed by atoms with Crippen molar-refractivity contribution in [3.05, 3.63) is 27.9 Å². The zero-order valence-corrected chi connectivity index (χ0v) is 14.6. The fraction of sp³-hybridized carbons (Fsp3) is 0.500. The molecule has 1 heterocycles. The van der Waals surface area contributed by atoms with Gasteiger partial charge in [-0.3, -0.25) is 14.7 Å². The summed E-state index contributed by atoms with van der Waals surface area (Å²) >= 11 is 1.34. The average Bonchev–Trinajstić information content (AvgIpc) is 3.03. The molecule has 1 aromatic rings. The monoisotopic (exact) mass is 351 g/mol. The van der Waals surface area contributed by atoms with Crippen LogP contribution in [0.4, 0.5) is 0 Å². The number of hydrogen-bond acceptors (Lipinski definition) is 7. The third kappa shape index (κ3) is 4.12. The number of nitrogens with one attached hydrogen (secondary N) is 2. The van der Waals surface area contributed by atoms with Crippen molar-refractivity contribution in [2.75, 3.05) is 26.0 Å². The Kier molecular flexibility index (Phi) is 6.74. The lowest BCUT2D eigenvalue weighted by atomic mass is 9.99. The number of esters is 1. The van der Waals surface area contributed by atoms with Gasteiger partial charge >= 0.3 is 5.97 Å². The van der Waals surface area contributed by atoms with Crippen molar-refractivity contribution in [2.45, 2.75) is 26.2 Å². The molecule has 0 spiro atoms. The first-order chi connectivity index (χ1) is 11.6. The van der Waals surface area contributed by atoms with Gasteiger partial charge in [0.1, 0.15) is 5.69 Å². The van der Waals surface area contributed by atoms with E-state index in [1.165, 1.54) is 24.9 Å². The summed E-state index contributed by atoms with van der Waals surface area (Å²) in [5.74, 6) is -0.681. The molecular formula is C16H21N3O4S. The fourth-order valence-corrected chi connectivity index (χ4v) is 3.35. The van der Waals surface area contributed by atoms with Gasteiger partial charge in [-0.1, -0.05) is 13.3 Å². The standard InChI is InChI=1S/C16H21N3O4S/c1-3-17-7-5-4-6-8-24-11-9-10(20)13-12(15(11)21)14(19-18-13)16(22)23-2/h9,17H,3-8H2,1-2H3,(H,18,19). The minimum Gasteiger partial charge on any atom is -0.464 e. The average molecular weight is 351 g/mol. The maximum atomic E-state index is 12.6. The van der Waals surface area contributed by atoms with Crippen molar-refractivity contribution in [2.24, 2.45) is 0 Å². The number of aromatic nitrogens is 2. The second-order valence-corrected chi connectivity index (χ2v) is 6.42. The van der Waals surface area contributed by atoms with Crippen molar-refractivity contribution < 1.29 is 19.1 Å². The molecule has 0 saturated heterocycles. The molecule has 7 nitrogen and oxygen atoms in total. The first-order valence-corrected chi connectivity index (χ1v) is 8.89. The van der Waals surface area contributed by atoms with E-state index >= 15 is 0 Å². The number of Topliss-reactive ketones (excluding diaryl/α,β-unsaturated/α-hetero) is 1. The molecule has 0 aliphatic heterocycles. The number of methoxy groups -OCH3 is 1. The molecule has 0 fully saturated rings. The number of thioether (sulfide) groups is 1. The smallest absolute Gasteiger partial charge is 0.356 e. The van der Waals surface area contributed by atoms with Crippen LogP contribution in [0.5, 0.6) is 0 Å². The van der Waals surface area contributed by atoms with Crippen LogP contribution in [0.3, 0.4) is 0 Å². The van der Waals surface area contributed by atoms with Crippen molar-refractivity contribution in [3.63, 3.8) is 0 Å². The summed E-state index contributed by atoms with van der Waals surface area (Å²) in [6.45, 7) is 4.02. The maximum absolute atomic E-state index is 12.6. The summed E-state index contributed by atoms with van der Waals surface area (Å²) in [4.78, 5) is 36.7. The molecule has 0 bridgehead atoms. The molecule has 0 atom stereocenters. The molecule has 2 N–H and O–H groups in total. The highest BCUT2D eigenvalue weighted by atomic mass is 32.2. The van der Waals surface area contributed by atoms with Crippen molar-refractivity contribution in [1.82, 2.24) is 15.5 Å². The van der Waals surface area contributed by atoms with E-state index in [0.29, 0.717) is 4.91 Å². The summed E-state index contributed by atoms with van der Waals surface area (Å²) < 4.78 is 4.62. The van der Waals surface area contributed by atoms with Gasteiger partial charge in [0.15, 0.2) is 5.69 Å². The molecule has 0 radical (unpaired) electrons. The van der Waals surface area contributed by atoms with Crippen LogP contribution in [0.15, 0.2) is 11.0 Å². The Labute approximate surface area is 144 Å². The molecule has 2 rings (SSSR count). The molecule has 0 amide bonds. The van der Waals surface area contributed by atoms with Gasteiger partial charge in [-0.2, -0.15) is 5.10 Å². The Balaban J connectivity index is 1.96. The Hall–Kier alpha value is -1.93. The Morgan fingerprint density at radius 3 is 2.83 bits per heavy atom. The summed E-state index contributed by atoms with van der Waals surface area (Å²) in [5, 5.41) is 9.46. The largest absolute Gasteiger partial charge is 0.464 e. The Bertz CT molecular complexity index is 666. The highest BCUT2D eigenvalue weighted by Gasteiger charge is 2.34. The van der Waals surface area contributed by atoms with Crippen LogP contribution < -0.4 is 5.32 Å². The van der Waals surface area contributed by atoms with E-state index in [1.54, 1.807) is 0 Å². The van der Waals surface area contributed by atoms with Crippen LogP contribution in [0.1, 0.15) is 57.5 Å². The molecule has 1 aromatic heterocycles. The van der Waals surface area contributed by atoms with Gasteiger partial charge in [0.25, 0.3) is 0 Å². The van der Waals surface area contributed by atoms with Gasteiger partial charge in [-0.15, -0.1) is 11.8 Å². The van der Waals surface area contributed by atoms with E-state index in [4.69, 9.17) is 0 Å². The van der Waals surface area contributed by atoms with Gasteiger partial charge in [0, 0.05) is 6.08 Å². The third-order valence-electron chi connectivity index (χ3n) is 3.61. The van der Waals surface area contributed by atoms with Gasteiger partial charge in [-0.05, 0) is 31.7 Å². The van der Waals surface area contributed by atoms with E-state index in [1.807, 2.05) is 0 Å². The number of ketones is 2. The van der Waals surface area contributed by atoms with Crippen molar-refractivity contribution in [3.8, 4) is 0 Å². The molecule has 0 saturated carbocycles. The van der Waals surface area contributed by atoms with E-state index in [9.17, 15) is 14.4 Å². The maximum Gasteiger partial charge on any atom is 0.356 e. The number of ether oxygens (including phenoxy) is 1. The zero-order chi connectivity index (χ0) is 17.5. The number of carbonyl (C=O) groups excluding carboxylic acids is 3. The van der Waals surface area contributed by atoms with Crippen LogP contribution in [0.2, 0.25) is 0 Å². The molecule has 24 heavy (non-hydrogen) atoms. The second-order valence-electron chi connectivity index (χ2n) is 5.28. The second kappa shape index (κ2) is 8.79. The van der Waals surface area contributed by atoms with Gasteiger partial charge < -0.3 is 10.1 Å². The number of aromatic amines is 1. The number of hydrogen-bond donors (Lipinski definition) is 2. The fourth-order valence-electron chi connectivity index (χ4n) is 2.36. The van der Waals surface area contributed by atoms with Crippen molar-refractivity contribution in [1.29, 1.82) is 0 Å². The minimum absolute atomic E-state index is 0.0176. The van der Waals surface area contributed by atoms with E-state index in [0.717, 1.165) is 38.1 Å². The Morgan fingerprint density at radius 2 is 2.12 bits per heavy atom. The number of rotatable bonds is 9. The first kappa shape index (κ1) is 18.4. The van der Waals surface area contributed by atoms with Gasteiger partial charge in [0.2, 0.25) is 11.6 Å². The highest BCUT2D eigenvalue weighted by Crippen LogP contribution is 2.30. The van der Waals surface area contributed by atoms with Crippen molar-refractivity contribution >= 4 is 29.3 Å². The number of unbranched alkanes of at least 4 members (excludes halogenated alkanes) is 2. The topological polar surface area (TPSA) is 101 Å². The van der Waals surface area contributed by atoms with Crippen LogP contribution >= 0.6 is 11.8 Å². The first-order valence-electron chi connectivity index (χ1n) is 7.91. The van der Waals surface area contributed by atoms with E-state index in [2.05, 4.69) is 27.2 Å². The van der Waals surface area contributed by atoms with E-state index in [-0.39, 0.29) is 28.5 Å². The molecule has 1 aliphatic rings. The molecule has 8 heteroatoms. The summed E-state index contributed by atoms with van der Waals surface area (Å²) in [7, 11) is 1.21. The summed E-state index contributed by atoms with van der Waals surface area (Å²) in [6.07, 6.45) is 4.39. The molecule has 1 aliphatic carbocycles. The highest BCUT2D eigenvalue weighted by molar-refractivity contribution is 8.04. The normalized spacial score (nSPS) is 13.7. The number of carbonyl (C=O) groups is 3. The predicted octanol–water partition coefficient (Wildman–Crippen LogP) is 1.97. The van der Waals surface area contributed by atoms with Crippen LogP contribution in [0.25, 0.3) is 0 Å². The zero-order valence-electron chi connectivity index (χ0n) is 13.8. The molecular weight excluding hydrogens is 330 g/mol. The van der Waals surface area contributed by atoms with Gasteiger partial charge in [-0.25, -0.2) is 4.79 Å². The number of nitrogens with zero attached hydrogens (tertiary/aromatic N) is 1. The number of H-pyrrole nitrogens is 1. The summed E-state index contributed by atoms with van der Waals surface area (Å²) in [5.41, 5.74) is -0.0675. The number of allylic oxidation sites excluding steroid dienone is 2. The lowest BCUT2D eigenvalue weighted by Crippen LogP contribution is -2.18. The van der Waals surface area contributed by atoms with E-state index < -0.39 is 5.97 Å². The third-order valence-corrected chi connectivity index (χ3v) is 4.71. The quantitative estimate of drug-likeness (QED) is 0.518. The molecule has 130 valence electrons. The Morgan fingerprint density at radius 1 is 1.33 bits per heavy atom. The minimum atomic E-state index is -0.709. The predicted molar refractivity (Wildman–Crippen MR) is 91.5 cm³/mol. The van der Waals surface area contributed by atoms with Crippen LogP contribution in [-0.2, 0) is 4.74 Å². The molecule has 0 unspecified atom stereocenters. The SMILES string of the molecule is CCNCCCCCSC1=CC(=O)c2n[nH]c(C(=O)OC)c2C1=O. The lowest BCUT2D eigenvalue weighted by molar-refractivity contribution is 0.0591. The number of fused-ring (bicyclic) bond motifs is 1. The summed E-state index contributed by atoms with van der Waals surface area (Å²) in [6, 6.07) is 0.